The van der Waals surface area contributed by atoms with Crippen molar-refractivity contribution < 1.29 is 60.0 Å². The fourth-order valence-corrected chi connectivity index (χ4v) is 5.94. The van der Waals surface area contributed by atoms with Gasteiger partial charge in [-0.25, -0.2) is 5.26 Å². The molecule has 5 fully saturated rings. The van der Waals surface area contributed by atoms with E-state index in [1.807, 2.05) is 0 Å². The summed E-state index contributed by atoms with van der Waals surface area (Å²) in [7, 11) is 0. The van der Waals surface area contributed by atoms with Gasteiger partial charge in [-0.1, -0.05) is 5.04 Å². The molecule has 5 rings (SSSR count). The summed E-state index contributed by atoms with van der Waals surface area (Å²) in [4.78, 5) is 12.8. The zero-order chi connectivity index (χ0) is 22.7. The van der Waals surface area contributed by atoms with Crippen LogP contribution in [0, 0.1) is 23.2 Å². The highest BCUT2D eigenvalue weighted by Gasteiger charge is 2.70. The Labute approximate surface area is 176 Å². The van der Waals surface area contributed by atoms with E-state index in [-0.39, 0.29) is 18.8 Å². The summed E-state index contributed by atoms with van der Waals surface area (Å²) < 4.78 is 102. The van der Waals surface area contributed by atoms with E-state index >= 15 is 0 Å². The van der Waals surface area contributed by atoms with E-state index in [1.165, 1.54) is 0 Å². The van der Waals surface area contributed by atoms with Crippen LogP contribution in [0.4, 0.5) is 26.3 Å². The van der Waals surface area contributed by atoms with Gasteiger partial charge in [-0.2, -0.15) is 26.3 Å². The molecule has 0 aromatic carbocycles. The Kier molecular flexibility index (Phi) is 5.74. The van der Waals surface area contributed by atoms with Crippen molar-refractivity contribution >= 4 is 18.0 Å². The van der Waals surface area contributed by atoms with E-state index in [2.05, 4.69) is 9.37 Å². The molecule has 1 heterocycles. The van der Waals surface area contributed by atoms with Crippen LogP contribution in [0.3, 0.4) is 0 Å². The van der Waals surface area contributed by atoms with Gasteiger partial charge in [-0.3, -0.25) is 4.79 Å². The van der Waals surface area contributed by atoms with Crippen LogP contribution in [-0.4, -0.2) is 53.9 Å². The van der Waals surface area contributed by atoms with Gasteiger partial charge in [0.05, 0.1) is 5.41 Å². The molecule has 31 heavy (non-hydrogen) atoms. The second kappa shape index (κ2) is 7.62. The zero-order valence-corrected chi connectivity index (χ0v) is 16.8. The molecule has 0 amide bonds. The van der Waals surface area contributed by atoms with Gasteiger partial charge in [0.25, 0.3) is 0 Å². The Bertz CT molecular complexity index is 687. The molecular formula is C17H20F6O7S. The maximum absolute atomic E-state index is 13.8. The van der Waals surface area contributed by atoms with Crippen LogP contribution in [0.1, 0.15) is 32.1 Å². The Morgan fingerprint density at radius 1 is 1.03 bits per heavy atom. The second-order valence-electron chi connectivity index (χ2n) is 8.77. The number of hydrogen-bond donors (Lipinski definition) is 1. The number of rotatable bonds is 6. The van der Waals surface area contributed by atoms with Crippen LogP contribution in [0.25, 0.3) is 0 Å². The summed E-state index contributed by atoms with van der Waals surface area (Å²) in [6.45, 7) is -4.37. The summed E-state index contributed by atoms with van der Waals surface area (Å²) in [5.41, 5.74) is -1.15. The van der Waals surface area contributed by atoms with E-state index in [9.17, 15) is 31.1 Å². The molecule has 2 atom stereocenters. The lowest BCUT2D eigenvalue weighted by Gasteiger charge is -2.62. The van der Waals surface area contributed by atoms with Gasteiger partial charge in [-0.15, -0.1) is 4.33 Å². The second-order valence-corrected chi connectivity index (χ2v) is 9.67. The molecule has 1 aliphatic heterocycles. The molecule has 4 saturated carbocycles. The number of halogens is 6. The number of ether oxygens (including phenoxy) is 3. The Hall–Kier alpha value is -0.800. The number of carbonyl (C=O) groups is 1. The highest BCUT2D eigenvalue weighted by molar-refractivity contribution is 7.95. The minimum Gasteiger partial charge on any atom is -0.458 e. The lowest BCUT2D eigenvalue weighted by atomic mass is 9.47. The molecule has 14 heteroatoms. The minimum absolute atomic E-state index is 0.0327. The van der Waals surface area contributed by atoms with E-state index in [0.717, 1.165) is 0 Å². The van der Waals surface area contributed by atoms with Crippen molar-refractivity contribution in [3.8, 4) is 0 Å². The smallest absolute Gasteiger partial charge is 0.354 e. The molecule has 5 aliphatic rings. The molecule has 4 aliphatic carbocycles. The van der Waals surface area contributed by atoms with Crippen molar-refractivity contribution in [1.82, 2.24) is 0 Å². The third-order valence-electron chi connectivity index (χ3n) is 6.81. The quantitative estimate of drug-likeness (QED) is 0.200. The molecule has 0 aromatic rings. The average molecular weight is 482 g/mol. The predicted molar refractivity (Wildman–Crippen MR) is 88.8 cm³/mol. The van der Waals surface area contributed by atoms with Crippen molar-refractivity contribution in [3.63, 3.8) is 0 Å². The third kappa shape index (κ3) is 3.92. The van der Waals surface area contributed by atoms with Crippen LogP contribution in [0.5, 0.6) is 0 Å². The first-order valence-corrected chi connectivity index (χ1v) is 10.3. The van der Waals surface area contributed by atoms with Gasteiger partial charge in [-0.05, 0) is 38.0 Å². The lowest BCUT2D eigenvalue weighted by molar-refractivity contribution is -0.433. The SMILES string of the molecule is O=C(OCC(F)(F)SOOO)C12CC3CC(C1)C1(OCC(F)(F)C(F)(F)CO1)C(C3)C2. The van der Waals surface area contributed by atoms with Gasteiger partial charge >= 0.3 is 23.1 Å². The highest BCUT2D eigenvalue weighted by Crippen LogP contribution is 2.66. The molecule has 1 saturated heterocycles. The molecule has 1 spiro atoms. The van der Waals surface area contributed by atoms with E-state index in [4.69, 9.17) is 19.5 Å². The molecule has 0 radical (unpaired) electrons. The Morgan fingerprint density at radius 2 is 1.58 bits per heavy atom. The average Bonchev–Trinajstić information content (AvgIpc) is 2.78. The Balaban J connectivity index is 1.49. The number of alkyl halides is 6. The first-order valence-electron chi connectivity index (χ1n) is 9.59. The maximum Gasteiger partial charge on any atom is 0.354 e. The third-order valence-corrected chi connectivity index (χ3v) is 7.30. The van der Waals surface area contributed by atoms with E-state index < -0.39 is 78.0 Å². The van der Waals surface area contributed by atoms with Gasteiger partial charge in [0.2, 0.25) is 0 Å². The fourth-order valence-electron chi connectivity index (χ4n) is 5.70. The topological polar surface area (TPSA) is 83.5 Å². The number of carbonyl (C=O) groups excluding carboxylic acids is 1. The molecule has 2 unspecified atom stereocenters. The fraction of sp³-hybridized carbons (Fsp3) is 0.941. The van der Waals surface area contributed by atoms with Crippen molar-refractivity contribution in [3.05, 3.63) is 0 Å². The van der Waals surface area contributed by atoms with Crippen molar-refractivity contribution in [2.45, 2.75) is 55.0 Å². The number of hydrogen-bond acceptors (Lipinski definition) is 8. The summed E-state index contributed by atoms with van der Waals surface area (Å²) >= 11 is -0.548. The van der Waals surface area contributed by atoms with E-state index in [0.29, 0.717) is 19.3 Å². The van der Waals surface area contributed by atoms with Gasteiger partial charge in [0.1, 0.15) is 25.3 Å². The number of esters is 1. The largest absolute Gasteiger partial charge is 0.458 e. The van der Waals surface area contributed by atoms with Crippen molar-refractivity contribution in [2.24, 2.45) is 23.2 Å². The summed E-state index contributed by atoms with van der Waals surface area (Å²) in [6.07, 6.45) is 1.28. The standard InChI is InChI=1S/C17H20F6O7S/c18-14(19)6-27-17(28-7-15(14,20)21)10-1-9-2-11(17)5-13(3-9,4-10)12(24)26-8-16(22,23)31-30-29-25/h9-11,25H,1-8H2. The summed E-state index contributed by atoms with van der Waals surface area (Å²) in [6, 6.07) is 0. The van der Waals surface area contributed by atoms with Crippen LogP contribution in [0.15, 0.2) is 0 Å². The van der Waals surface area contributed by atoms with Crippen molar-refractivity contribution in [2.75, 3.05) is 19.8 Å². The Morgan fingerprint density at radius 3 is 2.10 bits per heavy atom. The van der Waals surface area contributed by atoms with E-state index in [1.54, 1.807) is 0 Å². The van der Waals surface area contributed by atoms with Crippen LogP contribution >= 0.6 is 12.0 Å². The van der Waals surface area contributed by atoms with Crippen LogP contribution in [-0.2, 0) is 28.4 Å². The molecule has 0 aromatic heterocycles. The van der Waals surface area contributed by atoms with Gasteiger partial charge in [0.15, 0.2) is 12.4 Å². The zero-order valence-electron chi connectivity index (χ0n) is 16.0. The summed E-state index contributed by atoms with van der Waals surface area (Å²) in [5.74, 6) is -12.6. The molecule has 7 nitrogen and oxygen atoms in total. The molecule has 4 bridgehead atoms. The minimum atomic E-state index is -4.40. The molecule has 1 N–H and O–H groups in total. The van der Waals surface area contributed by atoms with Crippen molar-refractivity contribution in [1.29, 1.82) is 0 Å². The molecular weight excluding hydrogens is 462 g/mol. The van der Waals surface area contributed by atoms with Crippen LogP contribution in [0.2, 0.25) is 0 Å². The first-order chi connectivity index (χ1) is 14.3. The lowest BCUT2D eigenvalue weighted by Crippen LogP contribution is -2.65. The maximum atomic E-state index is 13.8. The molecule has 178 valence electrons. The predicted octanol–water partition coefficient (Wildman–Crippen LogP) is 4.03. The summed E-state index contributed by atoms with van der Waals surface area (Å²) in [5, 5.41) is 7.36. The normalized spacial score (nSPS) is 37.6. The van der Waals surface area contributed by atoms with Gasteiger partial charge in [0, 0.05) is 11.8 Å². The van der Waals surface area contributed by atoms with Crippen LogP contribution < -0.4 is 0 Å². The highest BCUT2D eigenvalue weighted by atomic mass is 32.2. The monoisotopic (exact) mass is 482 g/mol. The van der Waals surface area contributed by atoms with Gasteiger partial charge < -0.3 is 14.2 Å². The first kappa shape index (κ1) is 23.4.